The fourth-order valence-corrected chi connectivity index (χ4v) is 5.09. The summed E-state index contributed by atoms with van der Waals surface area (Å²) in [6, 6.07) is 9.22. The molecule has 1 amide bonds. The average Bonchev–Trinajstić information content (AvgIpc) is 3.84. The molecule has 2 fully saturated rings. The van der Waals surface area contributed by atoms with Gasteiger partial charge in [-0.15, -0.1) is 0 Å². The van der Waals surface area contributed by atoms with E-state index in [4.69, 9.17) is 9.98 Å². The second-order valence-electron chi connectivity index (χ2n) is 10.2. The van der Waals surface area contributed by atoms with Crippen LogP contribution in [0.5, 0.6) is 0 Å². The van der Waals surface area contributed by atoms with Crippen molar-refractivity contribution >= 4 is 23.2 Å². The molecule has 2 saturated carbocycles. The predicted octanol–water partition coefficient (Wildman–Crippen LogP) is 6.94. The number of Topliss-reactive ketones (excluding diaryl/α,β-unsaturated/α-hetero) is 1. The van der Waals surface area contributed by atoms with Crippen LogP contribution in [0.25, 0.3) is 0 Å². The zero-order valence-electron chi connectivity index (χ0n) is 24.4. The van der Waals surface area contributed by atoms with E-state index in [-0.39, 0.29) is 18.9 Å². The van der Waals surface area contributed by atoms with Gasteiger partial charge in [-0.05, 0) is 81.5 Å². The van der Waals surface area contributed by atoms with E-state index in [1.165, 1.54) is 24.3 Å². The SMILES string of the molecule is C/C=C\C(=NC(C)C(=O)C1=C[CH]1)N1CC2CC2c2nc(C3(NC(=O)c4ccc(F)cc4)CC3)ccc21.CC.CC.[HH]. The van der Waals surface area contributed by atoms with Crippen LogP contribution in [0.1, 0.15) is 89.9 Å². The van der Waals surface area contributed by atoms with Crippen molar-refractivity contribution < 1.29 is 15.4 Å². The number of pyridine rings is 1. The maximum Gasteiger partial charge on any atom is 0.252 e. The number of anilines is 1. The number of hydrogen-bond acceptors (Lipinski definition) is 4. The lowest BCUT2D eigenvalue weighted by Gasteiger charge is -2.31. The van der Waals surface area contributed by atoms with Crippen LogP contribution >= 0.6 is 0 Å². The Hall–Kier alpha value is -3.61. The van der Waals surface area contributed by atoms with Crippen LogP contribution in [0.15, 0.2) is 65.2 Å². The van der Waals surface area contributed by atoms with E-state index < -0.39 is 11.6 Å². The molecule has 0 spiro atoms. The van der Waals surface area contributed by atoms with E-state index >= 15 is 0 Å². The number of carbonyl (C=O) groups excluding carboxylic acids is 2. The lowest BCUT2D eigenvalue weighted by Crippen LogP contribution is -2.38. The van der Waals surface area contributed by atoms with Gasteiger partial charge in [-0.2, -0.15) is 0 Å². The molecule has 2 aromatic rings. The molecule has 1 aromatic heterocycles. The Bertz CT molecular complexity index is 1350. The number of carbonyl (C=O) groups is 2. The van der Waals surface area contributed by atoms with Crippen LogP contribution in [0.4, 0.5) is 10.1 Å². The normalized spacial score (nSPS) is 21.8. The molecule has 0 bridgehead atoms. The van der Waals surface area contributed by atoms with Crippen LogP contribution in [-0.2, 0) is 10.3 Å². The number of ketones is 1. The summed E-state index contributed by atoms with van der Waals surface area (Å²) in [6.07, 6.45) is 10.3. The van der Waals surface area contributed by atoms with Crippen LogP contribution in [-0.4, -0.2) is 35.1 Å². The number of amides is 1. The number of amidine groups is 1. The molecule has 1 N–H and O–H groups in total. The number of benzene rings is 1. The molecular weight excluding hydrogens is 503 g/mol. The summed E-state index contributed by atoms with van der Waals surface area (Å²) in [5.74, 6) is 1.14. The second kappa shape index (κ2) is 12.3. The third-order valence-electron chi connectivity index (χ3n) is 7.50. The van der Waals surface area contributed by atoms with Crippen LogP contribution in [0, 0.1) is 18.2 Å². The van der Waals surface area contributed by atoms with Gasteiger partial charge < -0.3 is 10.2 Å². The molecule has 4 aliphatic rings. The largest absolute Gasteiger partial charge is 0.341 e. The van der Waals surface area contributed by atoms with Crippen molar-refractivity contribution in [1.82, 2.24) is 10.3 Å². The van der Waals surface area contributed by atoms with Gasteiger partial charge in [-0.3, -0.25) is 19.6 Å². The first-order chi connectivity index (χ1) is 19.4. The molecule has 3 unspecified atom stereocenters. The fourth-order valence-electron chi connectivity index (χ4n) is 5.09. The monoisotopic (exact) mass is 545 g/mol. The molecule has 1 aromatic carbocycles. The van der Waals surface area contributed by atoms with Crippen molar-refractivity contribution in [1.29, 1.82) is 0 Å². The molecule has 6 nitrogen and oxygen atoms in total. The average molecular weight is 546 g/mol. The lowest BCUT2D eigenvalue weighted by atomic mass is 10.0. The number of fused-ring (bicyclic) bond motifs is 3. The van der Waals surface area contributed by atoms with Crippen LogP contribution in [0.2, 0.25) is 0 Å². The number of aliphatic imine (C=N–C) groups is 1. The number of hydrogen-bond donors (Lipinski definition) is 1. The summed E-state index contributed by atoms with van der Waals surface area (Å²) in [4.78, 5) is 37.4. The molecule has 6 rings (SSSR count). The number of nitrogens with one attached hydrogen (secondary N) is 1. The van der Waals surface area contributed by atoms with Gasteiger partial charge in [0.25, 0.3) is 5.91 Å². The summed E-state index contributed by atoms with van der Waals surface area (Å²) in [5, 5.41) is 3.15. The molecule has 1 aliphatic heterocycles. The van der Waals surface area contributed by atoms with E-state index in [0.29, 0.717) is 17.4 Å². The molecule has 2 heterocycles. The molecule has 3 aliphatic carbocycles. The number of allylic oxidation sites excluding steroid dienone is 2. The van der Waals surface area contributed by atoms with E-state index in [1.54, 1.807) is 0 Å². The van der Waals surface area contributed by atoms with Gasteiger partial charge in [0.05, 0.1) is 22.6 Å². The molecule has 0 saturated heterocycles. The highest BCUT2D eigenvalue weighted by Gasteiger charge is 2.51. The van der Waals surface area contributed by atoms with Crippen LogP contribution < -0.4 is 10.2 Å². The quantitative estimate of drug-likeness (QED) is 0.302. The van der Waals surface area contributed by atoms with Gasteiger partial charge in [0.1, 0.15) is 17.7 Å². The van der Waals surface area contributed by atoms with Crippen LogP contribution in [0.3, 0.4) is 0 Å². The maximum absolute atomic E-state index is 13.3. The molecule has 213 valence electrons. The smallest absolute Gasteiger partial charge is 0.252 e. The highest BCUT2D eigenvalue weighted by Crippen LogP contribution is 2.55. The van der Waals surface area contributed by atoms with Gasteiger partial charge in [-0.1, -0.05) is 39.8 Å². The van der Waals surface area contributed by atoms with Gasteiger partial charge in [0.15, 0.2) is 5.78 Å². The molecule has 1 radical (unpaired) electrons. The first-order valence-corrected chi connectivity index (χ1v) is 14.6. The third kappa shape index (κ3) is 6.08. The van der Waals surface area contributed by atoms with Crippen molar-refractivity contribution in [3.05, 3.63) is 89.4 Å². The minimum atomic E-state index is -0.483. The fraction of sp³-hybridized carbons (Fsp3) is 0.424. The standard InChI is InChI=1S/C29H28FN4O2.2C2H6.H2/c1-3-4-25(31-17(2)27(35)18-5-6-18)34-16-20-15-22(20)26-23(34)11-12-24(32-26)29(13-14-29)33-28(36)19-7-9-21(30)10-8-19;2*1-2;/h3-12,17,20,22H,13-16H2,1-2H3,(H,33,36);2*1-2H3;1H/b4-3-,31-25?;;;. The number of nitrogens with zero attached hydrogens (tertiary/aromatic N) is 3. The Kier molecular flexibility index (Phi) is 9.02. The van der Waals surface area contributed by atoms with Crippen molar-refractivity contribution in [2.45, 2.75) is 78.3 Å². The third-order valence-corrected chi connectivity index (χ3v) is 7.50. The Balaban J connectivity index is 0.000000887. The molecular formula is C33H42FN4O2. The first kappa shape index (κ1) is 29.4. The maximum atomic E-state index is 13.3. The summed E-state index contributed by atoms with van der Waals surface area (Å²) in [6.45, 7) is 12.6. The van der Waals surface area contributed by atoms with Gasteiger partial charge in [-0.25, -0.2) is 4.39 Å². The Morgan fingerprint density at radius 3 is 2.42 bits per heavy atom. The minimum absolute atomic E-state index is 0. The molecule has 3 atom stereocenters. The first-order valence-electron chi connectivity index (χ1n) is 14.6. The van der Waals surface area contributed by atoms with Crippen molar-refractivity contribution in [2.24, 2.45) is 10.9 Å². The Morgan fingerprint density at radius 2 is 1.82 bits per heavy atom. The van der Waals surface area contributed by atoms with E-state index in [0.717, 1.165) is 54.3 Å². The topological polar surface area (TPSA) is 74.7 Å². The van der Waals surface area contributed by atoms with E-state index in [1.807, 2.05) is 72.3 Å². The van der Waals surface area contributed by atoms with E-state index in [9.17, 15) is 14.0 Å². The highest BCUT2D eigenvalue weighted by molar-refractivity contribution is 6.10. The van der Waals surface area contributed by atoms with Crippen molar-refractivity contribution in [3.8, 4) is 0 Å². The lowest BCUT2D eigenvalue weighted by molar-refractivity contribution is -0.115. The zero-order chi connectivity index (χ0) is 29.0. The summed E-state index contributed by atoms with van der Waals surface area (Å²) < 4.78 is 13.3. The highest BCUT2D eigenvalue weighted by atomic mass is 19.1. The second-order valence-corrected chi connectivity index (χ2v) is 10.2. The molecule has 7 heteroatoms. The van der Waals surface area contributed by atoms with Crippen molar-refractivity contribution in [3.63, 3.8) is 0 Å². The molecule has 40 heavy (non-hydrogen) atoms. The Labute approximate surface area is 239 Å². The Morgan fingerprint density at radius 1 is 1.15 bits per heavy atom. The van der Waals surface area contributed by atoms with Gasteiger partial charge >= 0.3 is 0 Å². The summed E-state index contributed by atoms with van der Waals surface area (Å²) in [7, 11) is 0. The predicted molar refractivity (Wildman–Crippen MR) is 161 cm³/mol. The minimum Gasteiger partial charge on any atom is -0.341 e. The summed E-state index contributed by atoms with van der Waals surface area (Å²) in [5.41, 5.74) is 3.63. The van der Waals surface area contributed by atoms with E-state index in [2.05, 4.69) is 16.3 Å². The van der Waals surface area contributed by atoms with Gasteiger partial charge in [0.2, 0.25) is 0 Å². The van der Waals surface area contributed by atoms with Crippen molar-refractivity contribution in [2.75, 3.05) is 11.4 Å². The van der Waals surface area contributed by atoms with Gasteiger partial charge in [0, 0.05) is 31.4 Å². The number of rotatable bonds is 7. The summed E-state index contributed by atoms with van der Waals surface area (Å²) >= 11 is 0. The number of halogens is 1. The number of aromatic nitrogens is 1. The zero-order valence-corrected chi connectivity index (χ0v) is 24.4.